The predicted molar refractivity (Wildman–Crippen MR) is 136 cm³/mol. The monoisotopic (exact) mass is 521 g/mol. The van der Waals surface area contributed by atoms with E-state index in [2.05, 4.69) is 24.9 Å². The molecule has 3 aromatic heterocycles. The Kier molecular flexibility index (Phi) is 7.73. The van der Waals surface area contributed by atoms with Gasteiger partial charge in [0.1, 0.15) is 29.9 Å². The van der Waals surface area contributed by atoms with Crippen molar-refractivity contribution in [1.29, 1.82) is 0 Å². The molecule has 4 aromatic rings. The summed E-state index contributed by atoms with van der Waals surface area (Å²) in [5, 5.41) is 8.96. The molecule has 0 bridgehead atoms. The fraction of sp³-hybridized carbons (Fsp3) is 0.370. The van der Waals surface area contributed by atoms with Crippen LogP contribution < -0.4 is 9.47 Å². The van der Waals surface area contributed by atoms with Gasteiger partial charge >= 0.3 is 12.0 Å². The van der Waals surface area contributed by atoms with E-state index in [1.165, 1.54) is 6.07 Å². The minimum Gasteiger partial charge on any atom is -0.481 e. The highest BCUT2D eigenvalue weighted by Gasteiger charge is 2.24. The highest BCUT2D eigenvalue weighted by Crippen LogP contribution is 2.30. The number of aliphatic carboxylic acids is 1. The van der Waals surface area contributed by atoms with Crippen molar-refractivity contribution in [3.63, 3.8) is 0 Å². The Hall–Kier alpha value is -4.12. The van der Waals surface area contributed by atoms with Crippen LogP contribution in [0.15, 0.2) is 42.7 Å². The highest BCUT2D eigenvalue weighted by atomic mass is 19.1. The first kappa shape index (κ1) is 25.5. The van der Waals surface area contributed by atoms with Gasteiger partial charge in [0.05, 0.1) is 12.2 Å². The summed E-state index contributed by atoms with van der Waals surface area (Å²) < 4.78 is 31.5. The number of methoxy groups -OCH3 is 1. The molecule has 10 nitrogen and oxygen atoms in total. The molecular formula is C27H28FN5O5. The van der Waals surface area contributed by atoms with Gasteiger partial charge in [-0.3, -0.25) is 4.79 Å². The number of imidazole rings is 1. The van der Waals surface area contributed by atoms with Crippen LogP contribution in [-0.2, 0) is 9.53 Å². The first-order valence-electron chi connectivity index (χ1n) is 12.5. The van der Waals surface area contributed by atoms with E-state index in [9.17, 15) is 4.79 Å². The molecule has 3 heterocycles. The van der Waals surface area contributed by atoms with Gasteiger partial charge in [0.25, 0.3) is 0 Å². The van der Waals surface area contributed by atoms with Crippen molar-refractivity contribution < 1.29 is 28.5 Å². The molecule has 0 unspecified atom stereocenters. The average Bonchev–Trinajstić information content (AvgIpc) is 3.33. The lowest BCUT2D eigenvalue weighted by molar-refractivity contribution is -0.138. The molecule has 198 valence electrons. The van der Waals surface area contributed by atoms with Crippen molar-refractivity contribution in [2.24, 2.45) is 5.92 Å². The van der Waals surface area contributed by atoms with Gasteiger partial charge in [-0.2, -0.15) is 4.98 Å². The average molecular weight is 522 g/mol. The third-order valence-electron chi connectivity index (χ3n) is 6.57. The van der Waals surface area contributed by atoms with Crippen LogP contribution in [0.2, 0.25) is 0 Å². The maximum Gasteiger partial charge on any atom is 0.316 e. The van der Waals surface area contributed by atoms with Crippen molar-refractivity contribution in [1.82, 2.24) is 24.9 Å². The number of carbonyl (C=O) groups is 1. The molecule has 0 atom stereocenters. The van der Waals surface area contributed by atoms with Gasteiger partial charge < -0.3 is 24.3 Å². The third kappa shape index (κ3) is 6.05. The number of carboxylic acid groups (broad SMARTS) is 1. The van der Waals surface area contributed by atoms with Crippen LogP contribution in [0.4, 0.5) is 4.39 Å². The van der Waals surface area contributed by atoms with Crippen molar-refractivity contribution in [2.45, 2.75) is 38.2 Å². The van der Waals surface area contributed by atoms with Gasteiger partial charge in [-0.15, -0.1) is 0 Å². The van der Waals surface area contributed by atoms with Crippen LogP contribution >= 0.6 is 0 Å². The summed E-state index contributed by atoms with van der Waals surface area (Å²) in [6.45, 7) is 0.821. The number of fused-ring (bicyclic) bond motifs is 1. The van der Waals surface area contributed by atoms with Crippen LogP contribution in [0.5, 0.6) is 11.9 Å². The summed E-state index contributed by atoms with van der Waals surface area (Å²) in [5.74, 6) is -0.216. The Labute approximate surface area is 218 Å². The predicted octanol–water partition coefficient (Wildman–Crippen LogP) is 4.66. The van der Waals surface area contributed by atoms with Crippen LogP contribution in [-0.4, -0.2) is 62.4 Å². The van der Waals surface area contributed by atoms with E-state index in [4.69, 9.17) is 19.3 Å². The number of benzene rings is 1. The Balaban J connectivity index is 1.24. The Morgan fingerprint density at radius 1 is 1.05 bits per heavy atom. The van der Waals surface area contributed by atoms with Crippen LogP contribution in [0.3, 0.4) is 0 Å². The normalized spacial score (nSPS) is 17.4. The van der Waals surface area contributed by atoms with E-state index in [1.807, 2.05) is 0 Å². The summed E-state index contributed by atoms with van der Waals surface area (Å²) in [4.78, 5) is 31.4. The smallest absolute Gasteiger partial charge is 0.316 e. The molecule has 0 aliphatic heterocycles. The third-order valence-corrected chi connectivity index (χ3v) is 6.57. The zero-order valence-electron chi connectivity index (χ0n) is 20.9. The lowest BCUT2D eigenvalue weighted by Gasteiger charge is -2.27. The Morgan fingerprint density at radius 3 is 2.55 bits per heavy atom. The number of pyridine rings is 1. The molecule has 1 aromatic carbocycles. The lowest BCUT2D eigenvalue weighted by atomic mass is 9.85. The van der Waals surface area contributed by atoms with Crippen LogP contribution in [0.25, 0.3) is 33.7 Å². The summed E-state index contributed by atoms with van der Waals surface area (Å²) in [7, 11) is 1.60. The number of nitrogens with zero attached hydrogens (tertiary/aromatic N) is 4. The van der Waals surface area contributed by atoms with E-state index >= 15 is 4.39 Å². The summed E-state index contributed by atoms with van der Waals surface area (Å²) in [6, 6.07) is 8.57. The van der Waals surface area contributed by atoms with Crippen LogP contribution in [0, 0.1) is 11.7 Å². The van der Waals surface area contributed by atoms with Crippen molar-refractivity contribution >= 4 is 17.1 Å². The van der Waals surface area contributed by atoms with Gasteiger partial charge in [-0.05, 0) is 55.4 Å². The molecule has 0 saturated heterocycles. The quantitative estimate of drug-likeness (QED) is 0.286. The molecule has 0 spiro atoms. The second kappa shape index (κ2) is 11.5. The molecule has 1 saturated carbocycles. The fourth-order valence-corrected chi connectivity index (χ4v) is 4.58. The number of carboxylic acids is 1. The van der Waals surface area contributed by atoms with E-state index in [1.54, 1.807) is 43.8 Å². The number of H-pyrrole nitrogens is 1. The van der Waals surface area contributed by atoms with E-state index in [0.29, 0.717) is 52.8 Å². The summed E-state index contributed by atoms with van der Waals surface area (Å²) in [5.41, 5.74) is 2.68. The van der Waals surface area contributed by atoms with Gasteiger partial charge in [0.2, 0.25) is 5.88 Å². The molecule has 11 heteroatoms. The fourth-order valence-electron chi connectivity index (χ4n) is 4.58. The standard InChI is InChI=1S/C27H28FN5O5/c1-36-10-11-37-23-9-8-22-26(32-23)33-25(31-22)20-7-4-17(13-21(20)28)18-14-29-27(30-15-18)38-19-5-2-16(3-6-19)12-24(34)35/h4,7-9,13-16,19H,2-3,5-6,10-12H2,1H3,(H,34,35)(H,31,32,33). The summed E-state index contributed by atoms with van der Waals surface area (Å²) >= 11 is 0. The number of ether oxygens (including phenoxy) is 3. The highest BCUT2D eigenvalue weighted by molar-refractivity contribution is 5.77. The van der Waals surface area contributed by atoms with E-state index in [-0.39, 0.29) is 24.5 Å². The number of rotatable bonds is 10. The largest absolute Gasteiger partial charge is 0.481 e. The van der Waals surface area contributed by atoms with Crippen molar-refractivity contribution in [2.75, 3.05) is 20.3 Å². The van der Waals surface area contributed by atoms with E-state index < -0.39 is 11.8 Å². The number of aromatic nitrogens is 5. The molecule has 5 rings (SSSR count). The first-order valence-corrected chi connectivity index (χ1v) is 12.5. The number of hydrogen-bond donors (Lipinski definition) is 2. The summed E-state index contributed by atoms with van der Waals surface area (Å²) in [6.07, 6.45) is 6.53. The molecule has 1 fully saturated rings. The van der Waals surface area contributed by atoms with Crippen molar-refractivity contribution in [3.05, 3.63) is 48.5 Å². The maximum absolute atomic E-state index is 15.1. The molecule has 38 heavy (non-hydrogen) atoms. The number of halogens is 1. The zero-order valence-corrected chi connectivity index (χ0v) is 20.9. The maximum atomic E-state index is 15.1. The second-order valence-corrected chi connectivity index (χ2v) is 9.25. The molecular weight excluding hydrogens is 493 g/mol. The Morgan fingerprint density at radius 2 is 1.84 bits per heavy atom. The zero-order chi connectivity index (χ0) is 26.5. The van der Waals surface area contributed by atoms with Gasteiger partial charge in [0, 0.05) is 37.6 Å². The minimum atomic E-state index is -0.759. The number of nitrogens with one attached hydrogen (secondary N) is 1. The number of hydrogen-bond acceptors (Lipinski definition) is 8. The van der Waals surface area contributed by atoms with Crippen LogP contribution in [0.1, 0.15) is 32.1 Å². The van der Waals surface area contributed by atoms with Gasteiger partial charge in [-0.25, -0.2) is 19.3 Å². The lowest BCUT2D eigenvalue weighted by Crippen LogP contribution is -2.25. The van der Waals surface area contributed by atoms with Gasteiger partial charge in [0.15, 0.2) is 5.65 Å². The molecule has 0 amide bonds. The SMILES string of the molecule is COCCOc1ccc2nc(-c3ccc(-c4cnc(OC5CCC(CC(=O)O)CC5)nc4)cc3F)[nH]c2n1. The van der Waals surface area contributed by atoms with Crippen molar-refractivity contribution in [3.8, 4) is 34.4 Å². The Bertz CT molecular complexity index is 1400. The minimum absolute atomic E-state index is 0.0334. The number of aromatic amines is 1. The van der Waals surface area contributed by atoms with E-state index in [0.717, 1.165) is 25.7 Å². The first-order chi connectivity index (χ1) is 18.5. The molecule has 0 radical (unpaired) electrons. The second-order valence-electron chi connectivity index (χ2n) is 9.25. The molecule has 1 aliphatic rings. The topological polar surface area (TPSA) is 132 Å². The molecule has 1 aliphatic carbocycles. The van der Waals surface area contributed by atoms with Gasteiger partial charge in [-0.1, -0.05) is 6.07 Å². The molecule has 2 N–H and O–H groups in total.